The second kappa shape index (κ2) is 10.7. The highest BCUT2D eigenvalue weighted by Crippen LogP contribution is 2.29. The number of nitrogens with zero attached hydrogens (tertiary/aromatic N) is 1. The molecule has 2 aromatic carbocycles. The Morgan fingerprint density at radius 2 is 1.77 bits per heavy atom. The number of sulfonamides is 1. The zero-order chi connectivity index (χ0) is 22.4. The van der Waals surface area contributed by atoms with Crippen LogP contribution in [0, 0.1) is 12.8 Å². The van der Waals surface area contributed by atoms with E-state index in [-0.39, 0.29) is 17.6 Å². The molecule has 0 spiro atoms. The summed E-state index contributed by atoms with van der Waals surface area (Å²) < 4.78 is 32.6. The minimum atomic E-state index is -3.57. The Hall–Kier alpha value is -1.80. The Bertz CT molecular complexity index is 1000. The first kappa shape index (κ1) is 23.9. The van der Waals surface area contributed by atoms with E-state index in [1.54, 1.807) is 18.2 Å². The molecule has 2 aromatic rings. The molecule has 3 rings (SSSR count). The third kappa shape index (κ3) is 6.59. The lowest BCUT2D eigenvalue weighted by molar-refractivity contribution is -0.126. The van der Waals surface area contributed by atoms with Gasteiger partial charge in [0.25, 0.3) is 0 Å². The van der Waals surface area contributed by atoms with Gasteiger partial charge < -0.3 is 10.1 Å². The molecule has 9 heteroatoms. The van der Waals surface area contributed by atoms with Crippen molar-refractivity contribution >= 4 is 39.1 Å². The summed E-state index contributed by atoms with van der Waals surface area (Å²) >= 11 is 12.2. The van der Waals surface area contributed by atoms with Crippen LogP contribution in [0.25, 0.3) is 0 Å². The lowest BCUT2D eigenvalue weighted by Gasteiger charge is -2.30. The van der Waals surface area contributed by atoms with Gasteiger partial charge in [0.05, 0.1) is 12.3 Å². The van der Waals surface area contributed by atoms with Crippen molar-refractivity contribution in [1.29, 1.82) is 0 Å². The van der Waals surface area contributed by atoms with E-state index in [0.717, 1.165) is 11.3 Å². The molecule has 1 N–H and O–H groups in total. The summed E-state index contributed by atoms with van der Waals surface area (Å²) in [6.07, 6.45) is 0.945. The molecule has 31 heavy (non-hydrogen) atoms. The van der Waals surface area contributed by atoms with Crippen LogP contribution in [0.15, 0.2) is 42.5 Å². The predicted octanol–water partition coefficient (Wildman–Crippen LogP) is 4.04. The first-order chi connectivity index (χ1) is 14.8. The number of hydrogen-bond donors (Lipinski definition) is 1. The van der Waals surface area contributed by atoms with Crippen molar-refractivity contribution in [3.8, 4) is 5.75 Å². The van der Waals surface area contributed by atoms with Gasteiger partial charge in [-0.1, -0.05) is 41.4 Å². The summed E-state index contributed by atoms with van der Waals surface area (Å²) in [4.78, 5) is 12.4. The van der Waals surface area contributed by atoms with Crippen molar-refractivity contribution in [2.45, 2.75) is 25.5 Å². The Balaban J connectivity index is 1.44. The Morgan fingerprint density at radius 3 is 2.42 bits per heavy atom. The number of rotatable bonds is 8. The number of carbonyl (C=O) groups excluding carboxylic acids is 1. The largest absolute Gasteiger partial charge is 0.492 e. The highest BCUT2D eigenvalue weighted by atomic mass is 35.5. The van der Waals surface area contributed by atoms with E-state index in [9.17, 15) is 13.2 Å². The van der Waals surface area contributed by atoms with Gasteiger partial charge in [-0.05, 0) is 49.6 Å². The number of benzene rings is 2. The fourth-order valence-electron chi connectivity index (χ4n) is 3.53. The summed E-state index contributed by atoms with van der Waals surface area (Å²) in [5, 5.41) is 3.54. The van der Waals surface area contributed by atoms with Crippen LogP contribution in [0.1, 0.15) is 24.0 Å². The minimum absolute atomic E-state index is 0.0703. The number of halogens is 2. The van der Waals surface area contributed by atoms with E-state index >= 15 is 0 Å². The topological polar surface area (TPSA) is 75.7 Å². The number of ether oxygens (including phenoxy) is 1. The predicted molar refractivity (Wildman–Crippen MR) is 123 cm³/mol. The third-order valence-electron chi connectivity index (χ3n) is 5.27. The Kier molecular flexibility index (Phi) is 8.22. The molecular weight excluding hydrogens is 459 g/mol. The average Bonchev–Trinajstić information content (AvgIpc) is 2.74. The van der Waals surface area contributed by atoms with Crippen LogP contribution in [0.3, 0.4) is 0 Å². The van der Waals surface area contributed by atoms with E-state index < -0.39 is 10.0 Å². The van der Waals surface area contributed by atoms with Crippen LogP contribution in [0.5, 0.6) is 5.75 Å². The van der Waals surface area contributed by atoms with Gasteiger partial charge in [0.1, 0.15) is 12.4 Å². The fraction of sp³-hybridized carbons (Fsp3) is 0.409. The summed E-state index contributed by atoms with van der Waals surface area (Å²) in [5.74, 6) is 0.235. The van der Waals surface area contributed by atoms with Crippen LogP contribution < -0.4 is 10.1 Å². The maximum Gasteiger partial charge on any atom is 0.223 e. The van der Waals surface area contributed by atoms with Gasteiger partial charge in [-0.25, -0.2) is 12.7 Å². The summed E-state index contributed by atoms with van der Waals surface area (Å²) in [7, 11) is -3.57. The number of piperidine rings is 1. The normalized spacial score (nSPS) is 15.6. The molecule has 1 amide bonds. The maximum absolute atomic E-state index is 12.8. The molecule has 1 saturated heterocycles. The van der Waals surface area contributed by atoms with Crippen LogP contribution >= 0.6 is 23.2 Å². The monoisotopic (exact) mass is 484 g/mol. The summed E-state index contributed by atoms with van der Waals surface area (Å²) in [6.45, 7) is 3.35. The van der Waals surface area contributed by atoms with E-state index in [1.165, 1.54) is 4.31 Å². The van der Waals surface area contributed by atoms with Gasteiger partial charge in [0, 0.05) is 34.6 Å². The second-order valence-electron chi connectivity index (χ2n) is 7.59. The molecular formula is C22H26Cl2N2O4S. The molecule has 168 valence electrons. The van der Waals surface area contributed by atoms with Gasteiger partial charge in [0.15, 0.2) is 0 Å². The number of aryl methyl sites for hydroxylation is 1. The number of amides is 1. The van der Waals surface area contributed by atoms with E-state index in [2.05, 4.69) is 5.32 Å². The molecule has 0 aromatic heterocycles. The molecule has 1 fully saturated rings. The molecule has 1 aliphatic heterocycles. The average molecular weight is 485 g/mol. The van der Waals surface area contributed by atoms with Crippen molar-refractivity contribution in [3.63, 3.8) is 0 Å². The molecule has 0 radical (unpaired) electrons. The molecule has 0 unspecified atom stereocenters. The quantitative estimate of drug-likeness (QED) is 0.573. The van der Waals surface area contributed by atoms with Gasteiger partial charge in [-0.15, -0.1) is 0 Å². The zero-order valence-corrected chi connectivity index (χ0v) is 19.6. The van der Waals surface area contributed by atoms with Gasteiger partial charge >= 0.3 is 0 Å². The lowest BCUT2D eigenvalue weighted by Crippen LogP contribution is -2.44. The highest BCUT2D eigenvalue weighted by Gasteiger charge is 2.31. The Labute approximate surface area is 193 Å². The molecule has 0 atom stereocenters. The molecule has 6 nitrogen and oxygen atoms in total. The summed E-state index contributed by atoms with van der Waals surface area (Å²) in [5.41, 5.74) is 1.51. The number of nitrogens with one attached hydrogen (secondary N) is 1. The van der Waals surface area contributed by atoms with Crippen molar-refractivity contribution < 1.29 is 17.9 Å². The van der Waals surface area contributed by atoms with Crippen LogP contribution in [-0.2, 0) is 20.6 Å². The molecule has 0 bridgehead atoms. The first-order valence-corrected chi connectivity index (χ1v) is 12.5. The van der Waals surface area contributed by atoms with Crippen molar-refractivity contribution in [1.82, 2.24) is 9.62 Å². The lowest BCUT2D eigenvalue weighted by atomic mass is 9.97. The fourth-order valence-corrected chi connectivity index (χ4v) is 5.85. The first-order valence-electron chi connectivity index (χ1n) is 10.1. The van der Waals surface area contributed by atoms with Crippen LogP contribution in [0.4, 0.5) is 0 Å². The smallest absolute Gasteiger partial charge is 0.223 e. The Morgan fingerprint density at radius 1 is 1.13 bits per heavy atom. The maximum atomic E-state index is 12.8. The molecule has 0 aliphatic carbocycles. The summed E-state index contributed by atoms with van der Waals surface area (Å²) in [6, 6.07) is 12.6. The van der Waals surface area contributed by atoms with Crippen LogP contribution in [0.2, 0.25) is 10.0 Å². The molecule has 1 aliphatic rings. The van der Waals surface area contributed by atoms with Gasteiger partial charge in [0.2, 0.25) is 15.9 Å². The zero-order valence-electron chi connectivity index (χ0n) is 17.3. The van der Waals surface area contributed by atoms with Gasteiger partial charge in [-0.3, -0.25) is 4.79 Å². The van der Waals surface area contributed by atoms with Crippen molar-refractivity contribution in [2.75, 3.05) is 26.2 Å². The van der Waals surface area contributed by atoms with Gasteiger partial charge in [-0.2, -0.15) is 0 Å². The molecule has 1 heterocycles. The van der Waals surface area contributed by atoms with E-state index in [4.69, 9.17) is 27.9 Å². The number of carbonyl (C=O) groups is 1. The van der Waals surface area contributed by atoms with Crippen molar-refractivity contribution in [2.24, 2.45) is 5.92 Å². The highest BCUT2D eigenvalue weighted by molar-refractivity contribution is 7.88. The SMILES string of the molecule is Cc1cccc(OCCNC(=O)C2CCN(S(=O)(=O)Cc3c(Cl)cccc3Cl)CC2)c1. The van der Waals surface area contributed by atoms with Crippen molar-refractivity contribution in [3.05, 3.63) is 63.6 Å². The third-order valence-corrected chi connectivity index (χ3v) is 7.78. The number of hydrogen-bond acceptors (Lipinski definition) is 4. The van der Waals surface area contributed by atoms with E-state index in [1.807, 2.05) is 31.2 Å². The van der Waals surface area contributed by atoms with Crippen LogP contribution in [-0.4, -0.2) is 44.9 Å². The minimum Gasteiger partial charge on any atom is -0.492 e. The standard InChI is InChI=1S/C22H26Cl2N2O4S/c1-16-4-2-5-18(14-16)30-13-10-25-22(27)17-8-11-26(12-9-17)31(28,29)15-19-20(23)6-3-7-21(19)24/h2-7,14,17H,8-13,15H2,1H3,(H,25,27). The molecule has 0 saturated carbocycles. The van der Waals surface area contributed by atoms with E-state index in [0.29, 0.717) is 54.7 Å². The second-order valence-corrected chi connectivity index (χ2v) is 10.4.